The van der Waals surface area contributed by atoms with Gasteiger partial charge in [0.2, 0.25) is 0 Å². The fraction of sp³-hybridized carbons (Fsp3) is 0.286. The van der Waals surface area contributed by atoms with Crippen LogP contribution in [0.15, 0.2) is 36.5 Å². The first-order valence-corrected chi connectivity index (χ1v) is 6.29. The lowest BCUT2D eigenvalue weighted by Gasteiger charge is -2.15. The van der Waals surface area contributed by atoms with Crippen LogP contribution in [-0.2, 0) is 0 Å². The van der Waals surface area contributed by atoms with Crippen LogP contribution in [0.2, 0.25) is 0 Å². The highest BCUT2D eigenvalue weighted by molar-refractivity contribution is 5.81. The molecule has 5 heteroatoms. The third kappa shape index (κ3) is 2.51. The van der Waals surface area contributed by atoms with Crippen molar-refractivity contribution < 1.29 is 9.53 Å². The number of aromatic nitrogens is 1. The second-order valence-electron chi connectivity index (χ2n) is 4.72. The molecular weight excluding hydrogens is 242 g/mol. The number of amides is 1. The summed E-state index contributed by atoms with van der Waals surface area (Å²) in [7, 11) is 0. The van der Waals surface area contributed by atoms with Crippen molar-refractivity contribution in [1.29, 1.82) is 0 Å². The molecule has 1 aliphatic rings. The minimum absolute atomic E-state index is 0.0633. The fourth-order valence-electron chi connectivity index (χ4n) is 2.24. The number of nitrogens with zero attached hydrogens (tertiary/aromatic N) is 2. The maximum absolute atomic E-state index is 11.9. The molecule has 19 heavy (non-hydrogen) atoms. The summed E-state index contributed by atoms with van der Waals surface area (Å²) in [6.07, 6.45) is 2.23. The Labute approximate surface area is 111 Å². The van der Waals surface area contributed by atoms with Crippen LogP contribution < -0.4 is 10.5 Å². The lowest BCUT2D eigenvalue weighted by Crippen LogP contribution is -2.33. The summed E-state index contributed by atoms with van der Waals surface area (Å²) >= 11 is 0. The van der Waals surface area contributed by atoms with Gasteiger partial charge >= 0.3 is 6.09 Å². The van der Waals surface area contributed by atoms with Gasteiger partial charge in [0, 0.05) is 30.7 Å². The van der Waals surface area contributed by atoms with E-state index < -0.39 is 0 Å². The first-order valence-electron chi connectivity index (χ1n) is 6.29. The van der Waals surface area contributed by atoms with E-state index in [0.717, 1.165) is 17.3 Å². The number of likely N-dealkylation sites (tertiary alicyclic amines) is 1. The minimum Gasteiger partial charge on any atom is -0.410 e. The van der Waals surface area contributed by atoms with E-state index in [1.54, 1.807) is 17.2 Å². The molecule has 2 heterocycles. The van der Waals surface area contributed by atoms with Crippen molar-refractivity contribution in [3.8, 4) is 5.75 Å². The van der Waals surface area contributed by atoms with Crippen molar-refractivity contribution in [2.24, 2.45) is 5.73 Å². The summed E-state index contributed by atoms with van der Waals surface area (Å²) < 4.78 is 5.36. The maximum atomic E-state index is 11.9. The Morgan fingerprint density at radius 3 is 3.11 bits per heavy atom. The molecule has 1 atom stereocenters. The summed E-state index contributed by atoms with van der Waals surface area (Å²) in [5.74, 6) is 0.533. The van der Waals surface area contributed by atoms with Crippen LogP contribution in [0.4, 0.5) is 4.79 Å². The zero-order chi connectivity index (χ0) is 13.2. The largest absolute Gasteiger partial charge is 0.415 e. The molecule has 1 aliphatic heterocycles. The molecule has 1 aromatic heterocycles. The Bertz CT molecular complexity index is 614. The van der Waals surface area contributed by atoms with E-state index in [4.69, 9.17) is 10.5 Å². The normalized spacial score (nSPS) is 18.8. The summed E-state index contributed by atoms with van der Waals surface area (Å²) in [5, 5.41) is 0.950. The van der Waals surface area contributed by atoms with E-state index in [1.165, 1.54) is 0 Å². The van der Waals surface area contributed by atoms with E-state index in [9.17, 15) is 4.79 Å². The molecule has 0 saturated carbocycles. The van der Waals surface area contributed by atoms with Crippen LogP contribution in [0, 0.1) is 0 Å². The third-order valence-electron chi connectivity index (χ3n) is 3.26. The second kappa shape index (κ2) is 4.85. The van der Waals surface area contributed by atoms with Gasteiger partial charge in [0.1, 0.15) is 5.75 Å². The number of carbonyl (C=O) groups is 1. The Kier molecular flexibility index (Phi) is 3.05. The lowest BCUT2D eigenvalue weighted by atomic mass is 10.2. The predicted molar refractivity (Wildman–Crippen MR) is 71.9 cm³/mol. The zero-order valence-electron chi connectivity index (χ0n) is 10.5. The number of ether oxygens (including phenoxy) is 1. The Morgan fingerprint density at radius 1 is 1.42 bits per heavy atom. The second-order valence-corrected chi connectivity index (χ2v) is 4.72. The average molecular weight is 257 g/mol. The predicted octanol–water partition coefficient (Wildman–Crippen LogP) is 1.77. The summed E-state index contributed by atoms with van der Waals surface area (Å²) in [6.45, 7) is 1.23. The average Bonchev–Trinajstić information content (AvgIpc) is 2.85. The van der Waals surface area contributed by atoms with Crippen molar-refractivity contribution in [3.63, 3.8) is 0 Å². The fourth-order valence-corrected chi connectivity index (χ4v) is 2.24. The van der Waals surface area contributed by atoms with Crippen LogP contribution in [0.25, 0.3) is 10.9 Å². The van der Waals surface area contributed by atoms with Gasteiger partial charge in [0.15, 0.2) is 0 Å². The highest BCUT2D eigenvalue weighted by Gasteiger charge is 2.25. The summed E-state index contributed by atoms with van der Waals surface area (Å²) in [5.41, 5.74) is 6.65. The molecule has 1 aromatic carbocycles. The number of pyridine rings is 1. The van der Waals surface area contributed by atoms with Gasteiger partial charge in [0.05, 0.1) is 5.52 Å². The number of hydrogen-bond acceptors (Lipinski definition) is 4. The molecule has 5 nitrogen and oxygen atoms in total. The van der Waals surface area contributed by atoms with Gasteiger partial charge in [-0.25, -0.2) is 4.79 Å². The van der Waals surface area contributed by atoms with Gasteiger partial charge in [-0.05, 0) is 30.7 Å². The molecule has 2 aromatic rings. The van der Waals surface area contributed by atoms with Crippen molar-refractivity contribution >= 4 is 17.0 Å². The van der Waals surface area contributed by atoms with Gasteiger partial charge in [-0.1, -0.05) is 6.07 Å². The van der Waals surface area contributed by atoms with Crippen LogP contribution in [0.3, 0.4) is 0 Å². The molecule has 0 radical (unpaired) electrons. The van der Waals surface area contributed by atoms with Crippen molar-refractivity contribution in [1.82, 2.24) is 9.88 Å². The molecule has 0 aliphatic carbocycles. The van der Waals surface area contributed by atoms with Crippen LogP contribution in [0.1, 0.15) is 6.42 Å². The van der Waals surface area contributed by atoms with Crippen molar-refractivity contribution in [2.45, 2.75) is 12.5 Å². The Hall–Kier alpha value is -2.14. The molecule has 1 saturated heterocycles. The molecule has 3 rings (SSSR count). The van der Waals surface area contributed by atoms with E-state index in [2.05, 4.69) is 4.98 Å². The van der Waals surface area contributed by atoms with Crippen molar-refractivity contribution in [2.75, 3.05) is 13.1 Å². The van der Waals surface area contributed by atoms with E-state index in [-0.39, 0.29) is 12.1 Å². The number of carbonyl (C=O) groups excluding carboxylic acids is 1. The molecule has 0 bridgehead atoms. The van der Waals surface area contributed by atoms with E-state index in [0.29, 0.717) is 18.8 Å². The number of benzene rings is 1. The maximum Gasteiger partial charge on any atom is 0.415 e. The van der Waals surface area contributed by atoms with Crippen LogP contribution >= 0.6 is 0 Å². The van der Waals surface area contributed by atoms with E-state index >= 15 is 0 Å². The highest BCUT2D eigenvalue weighted by atomic mass is 16.6. The molecule has 1 amide bonds. The third-order valence-corrected chi connectivity index (χ3v) is 3.26. The monoisotopic (exact) mass is 257 g/mol. The van der Waals surface area contributed by atoms with Gasteiger partial charge in [-0.2, -0.15) is 0 Å². The summed E-state index contributed by atoms with van der Waals surface area (Å²) in [6, 6.07) is 9.26. The molecule has 1 fully saturated rings. The number of hydrogen-bond donors (Lipinski definition) is 1. The van der Waals surface area contributed by atoms with Gasteiger partial charge in [0.25, 0.3) is 0 Å². The SMILES string of the molecule is N[C@@H]1CCN(C(=O)Oc2ccc3ncccc3c2)C1. The smallest absolute Gasteiger partial charge is 0.410 e. The molecule has 2 N–H and O–H groups in total. The Balaban J connectivity index is 1.76. The lowest BCUT2D eigenvalue weighted by molar-refractivity contribution is 0.162. The van der Waals surface area contributed by atoms with Gasteiger partial charge < -0.3 is 15.4 Å². The van der Waals surface area contributed by atoms with Gasteiger partial charge in [-0.3, -0.25) is 4.98 Å². The van der Waals surface area contributed by atoms with Crippen molar-refractivity contribution in [3.05, 3.63) is 36.5 Å². The van der Waals surface area contributed by atoms with Gasteiger partial charge in [-0.15, -0.1) is 0 Å². The number of fused-ring (bicyclic) bond motifs is 1. The topological polar surface area (TPSA) is 68.5 Å². The minimum atomic E-state index is -0.337. The zero-order valence-corrected chi connectivity index (χ0v) is 10.5. The number of rotatable bonds is 1. The Morgan fingerprint density at radius 2 is 2.32 bits per heavy atom. The molecule has 0 spiro atoms. The molecule has 0 unspecified atom stereocenters. The number of nitrogens with two attached hydrogens (primary N) is 1. The first kappa shape index (κ1) is 11.9. The van der Waals surface area contributed by atoms with Crippen LogP contribution in [0.5, 0.6) is 5.75 Å². The quantitative estimate of drug-likeness (QED) is 0.845. The van der Waals surface area contributed by atoms with E-state index in [1.807, 2.05) is 24.3 Å². The standard InChI is InChI=1S/C14H15N3O2/c15-11-5-7-17(9-11)14(18)19-12-3-4-13-10(8-12)2-1-6-16-13/h1-4,6,8,11H,5,7,9,15H2/t11-/m1/s1. The highest BCUT2D eigenvalue weighted by Crippen LogP contribution is 2.20. The van der Waals surface area contributed by atoms with Crippen LogP contribution in [-0.4, -0.2) is 35.1 Å². The summed E-state index contributed by atoms with van der Waals surface area (Å²) in [4.78, 5) is 17.8. The molecular formula is C14H15N3O2. The molecule has 98 valence electrons. The first-order chi connectivity index (χ1) is 9.22.